The molecule has 1 aromatic rings. The first-order chi connectivity index (χ1) is 14.8. The number of hydrogen-bond donors (Lipinski definition) is 2. The average Bonchev–Trinajstić information content (AvgIpc) is 3.17. The second-order valence-electron chi connectivity index (χ2n) is 9.22. The molecule has 7 heteroatoms. The van der Waals surface area contributed by atoms with Crippen molar-refractivity contribution in [2.24, 2.45) is 17.8 Å². The van der Waals surface area contributed by atoms with Crippen molar-refractivity contribution >= 4 is 28.9 Å². The minimum absolute atomic E-state index is 0.0246. The predicted octanol–water partition coefficient (Wildman–Crippen LogP) is 4.21. The number of nitrogens with zero attached hydrogens (tertiary/aromatic N) is 2. The Morgan fingerprint density at radius 1 is 1.16 bits per heavy atom. The Morgan fingerprint density at radius 3 is 2.39 bits per heavy atom. The van der Waals surface area contributed by atoms with Gasteiger partial charge in [-0.3, -0.25) is 4.79 Å². The van der Waals surface area contributed by atoms with E-state index < -0.39 is 5.97 Å². The van der Waals surface area contributed by atoms with Crippen molar-refractivity contribution in [3.63, 3.8) is 0 Å². The third kappa shape index (κ3) is 5.88. The lowest BCUT2D eigenvalue weighted by atomic mass is 9.82. The standard InChI is InChI=1S/C24H35N3O3S/c1-16(2)5-10-20-15-21(22(31-20)24(29)30)27(26(4)19-11-13-25-14-12-19)23(28)18-8-6-17(3)7-9-18/h15-19,25H,6-9,11-14H2,1-4H3,(H,29,30). The molecule has 0 spiro atoms. The molecule has 170 valence electrons. The Kier molecular flexibility index (Phi) is 8.15. The maximum atomic E-state index is 13.8. The maximum absolute atomic E-state index is 13.8. The lowest BCUT2D eigenvalue weighted by molar-refractivity contribution is -0.127. The molecule has 6 nitrogen and oxygen atoms in total. The molecule has 0 atom stereocenters. The molecule has 31 heavy (non-hydrogen) atoms. The number of nitrogens with one attached hydrogen (secondary N) is 1. The summed E-state index contributed by atoms with van der Waals surface area (Å²) in [6.45, 7) is 8.05. The van der Waals surface area contributed by atoms with E-state index in [0.29, 0.717) is 16.5 Å². The lowest BCUT2D eigenvalue weighted by Gasteiger charge is -2.41. The summed E-state index contributed by atoms with van der Waals surface area (Å²) < 4.78 is 0. The van der Waals surface area contributed by atoms with Crippen molar-refractivity contribution in [3.05, 3.63) is 15.8 Å². The van der Waals surface area contributed by atoms with Crippen molar-refractivity contribution in [1.82, 2.24) is 10.3 Å². The number of hydrogen-bond acceptors (Lipinski definition) is 5. The third-order valence-electron chi connectivity index (χ3n) is 6.35. The molecule has 0 radical (unpaired) electrons. The number of piperidine rings is 1. The van der Waals surface area contributed by atoms with Crippen LogP contribution in [0.25, 0.3) is 0 Å². The van der Waals surface area contributed by atoms with Crippen LogP contribution in [0.3, 0.4) is 0 Å². The molecular formula is C24H35N3O3S. The van der Waals surface area contributed by atoms with Crippen LogP contribution in [-0.2, 0) is 4.79 Å². The number of aromatic carboxylic acids is 1. The van der Waals surface area contributed by atoms with Gasteiger partial charge in [-0.05, 0) is 63.6 Å². The Labute approximate surface area is 190 Å². The molecule has 3 rings (SSSR count). The van der Waals surface area contributed by atoms with Crippen molar-refractivity contribution in [2.45, 2.75) is 65.3 Å². The summed E-state index contributed by atoms with van der Waals surface area (Å²) in [5.74, 6) is 6.00. The number of hydrazine groups is 1. The second-order valence-corrected chi connectivity index (χ2v) is 10.3. The molecule has 1 saturated carbocycles. The smallest absolute Gasteiger partial charge is 0.348 e. The molecule has 1 aliphatic carbocycles. The third-order valence-corrected chi connectivity index (χ3v) is 7.37. The van der Waals surface area contributed by atoms with Crippen molar-refractivity contribution in [1.29, 1.82) is 0 Å². The number of anilines is 1. The van der Waals surface area contributed by atoms with Gasteiger partial charge in [0.1, 0.15) is 4.88 Å². The zero-order valence-corrected chi connectivity index (χ0v) is 19.9. The summed E-state index contributed by atoms with van der Waals surface area (Å²) >= 11 is 1.16. The van der Waals surface area contributed by atoms with Crippen molar-refractivity contribution < 1.29 is 14.7 Å². The van der Waals surface area contributed by atoms with E-state index in [1.807, 2.05) is 25.9 Å². The minimum Gasteiger partial charge on any atom is -0.477 e. The summed E-state index contributed by atoms with van der Waals surface area (Å²) in [4.78, 5) is 26.8. The van der Waals surface area contributed by atoms with E-state index in [1.165, 1.54) is 0 Å². The number of carbonyl (C=O) groups is 2. The summed E-state index contributed by atoms with van der Waals surface area (Å²) in [6, 6.07) is 1.99. The Morgan fingerprint density at radius 2 is 1.81 bits per heavy atom. The number of carbonyl (C=O) groups excluding carboxylic acids is 1. The highest BCUT2D eigenvalue weighted by Crippen LogP contribution is 2.36. The lowest BCUT2D eigenvalue weighted by Crippen LogP contribution is -2.54. The number of carboxylic acids is 1. The minimum atomic E-state index is -1.01. The topological polar surface area (TPSA) is 72.9 Å². The highest BCUT2D eigenvalue weighted by molar-refractivity contribution is 7.15. The van der Waals surface area contributed by atoms with Crippen LogP contribution in [-0.4, -0.2) is 48.2 Å². The van der Waals surface area contributed by atoms with E-state index in [1.54, 1.807) is 11.1 Å². The van der Waals surface area contributed by atoms with Gasteiger partial charge < -0.3 is 10.4 Å². The summed E-state index contributed by atoms with van der Waals surface area (Å²) in [5.41, 5.74) is 0.468. The van der Waals surface area contributed by atoms with E-state index in [2.05, 4.69) is 24.1 Å². The van der Waals surface area contributed by atoms with Gasteiger partial charge in [0.15, 0.2) is 0 Å². The second kappa shape index (κ2) is 10.6. The molecule has 2 heterocycles. The largest absolute Gasteiger partial charge is 0.477 e. The fourth-order valence-corrected chi connectivity index (χ4v) is 5.27. The molecule has 2 N–H and O–H groups in total. The highest BCUT2D eigenvalue weighted by Gasteiger charge is 2.36. The van der Waals surface area contributed by atoms with Crippen LogP contribution in [0.2, 0.25) is 0 Å². The van der Waals surface area contributed by atoms with Gasteiger partial charge in [0.05, 0.1) is 10.6 Å². The zero-order valence-electron chi connectivity index (χ0n) is 19.1. The van der Waals surface area contributed by atoms with Crippen LogP contribution in [0.5, 0.6) is 0 Å². The number of thiophene rings is 1. The average molecular weight is 446 g/mol. The van der Waals surface area contributed by atoms with E-state index in [0.717, 1.165) is 63.0 Å². The molecular weight excluding hydrogens is 410 g/mol. The van der Waals surface area contributed by atoms with Crippen LogP contribution in [0.1, 0.15) is 73.8 Å². The Bertz CT molecular complexity index is 840. The molecule has 1 amide bonds. The highest BCUT2D eigenvalue weighted by atomic mass is 32.1. The van der Waals surface area contributed by atoms with Gasteiger partial charge in [0.2, 0.25) is 5.91 Å². The van der Waals surface area contributed by atoms with Gasteiger partial charge >= 0.3 is 5.97 Å². The maximum Gasteiger partial charge on any atom is 0.348 e. The molecule has 2 aliphatic rings. The van der Waals surface area contributed by atoms with Gasteiger partial charge in [0, 0.05) is 24.9 Å². The molecule has 1 aromatic heterocycles. The first-order valence-corrected chi connectivity index (χ1v) is 12.3. The zero-order chi connectivity index (χ0) is 22.5. The molecule has 0 aromatic carbocycles. The van der Waals surface area contributed by atoms with E-state index in [-0.39, 0.29) is 28.7 Å². The van der Waals surface area contributed by atoms with Crippen LogP contribution < -0.4 is 10.3 Å². The molecule has 0 bridgehead atoms. The van der Waals surface area contributed by atoms with Crippen molar-refractivity contribution in [2.75, 3.05) is 25.1 Å². The Hall–Kier alpha value is -1.88. The summed E-state index contributed by atoms with van der Waals surface area (Å²) in [5, 5.41) is 17.0. The van der Waals surface area contributed by atoms with Crippen LogP contribution >= 0.6 is 11.3 Å². The van der Waals surface area contributed by atoms with Gasteiger partial charge in [-0.1, -0.05) is 32.6 Å². The van der Waals surface area contributed by atoms with Gasteiger partial charge in [0.25, 0.3) is 0 Å². The molecule has 0 unspecified atom stereocenters. The van der Waals surface area contributed by atoms with Gasteiger partial charge in [-0.15, -0.1) is 11.3 Å². The number of amides is 1. The van der Waals surface area contributed by atoms with Gasteiger partial charge in [-0.2, -0.15) is 0 Å². The van der Waals surface area contributed by atoms with Crippen molar-refractivity contribution in [3.8, 4) is 11.8 Å². The van der Waals surface area contributed by atoms with Gasteiger partial charge in [-0.25, -0.2) is 14.8 Å². The van der Waals surface area contributed by atoms with Crippen LogP contribution in [0, 0.1) is 29.6 Å². The monoisotopic (exact) mass is 445 g/mol. The molecule has 1 saturated heterocycles. The number of rotatable bonds is 5. The SMILES string of the molecule is CC(C)C#Cc1cc(N(C(=O)C2CCC(C)CC2)N(C)C2CCNCC2)c(C(=O)O)s1. The first kappa shape index (κ1) is 23.8. The fraction of sp³-hybridized carbons (Fsp3) is 0.667. The van der Waals surface area contributed by atoms with Crippen LogP contribution in [0.15, 0.2) is 6.07 Å². The fourth-order valence-electron chi connectivity index (χ4n) is 4.44. The van der Waals surface area contributed by atoms with Crippen LogP contribution in [0.4, 0.5) is 5.69 Å². The predicted molar refractivity (Wildman–Crippen MR) is 125 cm³/mol. The molecule has 2 fully saturated rings. The van der Waals surface area contributed by atoms with E-state index in [9.17, 15) is 14.7 Å². The van der Waals surface area contributed by atoms with E-state index in [4.69, 9.17) is 0 Å². The number of carboxylic acid groups (broad SMARTS) is 1. The molecule has 1 aliphatic heterocycles. The summed E-state index contributed by atoms with van der Waals surface area (Å²) in [6.07, 6.45) is 5.67. The Balaban J connectivity index is 1.99. The first-order valence-electron chi connectivity index (χ1n) is 11.4. The summed E-state index contributed by atoms with van der Waals surface area (Å²) in [7, 11) is 1.93. The van der Waals surface area contributed by atoms with E-state index >= 15 is 0 Å². The quantitative estimate of drug-likeness (QED) is 0.525. The normalized spacial score (nSPS) is 22.3.